The predicted molar refractivity (Wildman–Crippen MR) is 102 cm³/mol. The molecule has 4 rings (SSSR count). The van der Waals surface area contributed by atoms with E-state index >= 15 is 0 Å². The summed E-state index contributed by atoms with van der Waals surface area (Å²) < 4.78 is 19.7. The second-order valence-electron chi connectivity index (χ2n) is 6.75. The van der Waals surface area contributed by atoms with E-state index in [4.69, 9.17) is 16.0 Å². The van der Waals surface area contributed by atoms with Crippen LogP contribution >= 0.6 is 11.6 Å². The first-order chi connectivity index (χ1) is 13.4. The number of aliphatic hydroxyl groups is 1. The standard InChI is InChI=1S/C20H17ClFNO5/c21-19-10(2-1-3-11(19)22)16-7-15(27)18-14(26)6-13(25)17(20(18)28-16)9-4-5-23-12(9)8-24/h1-3,6-7,9,12,23-26H,4-5,8H2/t9-,12+/m1/s1. The molecule has 0 unspecified atom stereocenters. The fourth-order valence-electron chi connectivity index (χ4n) is 3.81. The quantitative estimate of drug-likeness (QED) is 0.534. The molecule has 0 radical (unpaired) electrons. The van der Waals surface area contributed by atoms with Crippen LogP contribution in [0.3, 0.4) is 0 Å². The van der Waals surface area contributed by atoms with Crippen LogP contribution in [0.25, 0.3) is 22.3 Å². The fraction of sp³-hybridized carbons (Fsp3) is 0.250. The number of hydrogen-bond acceptors (Lipinski definition) is 6. The number of benzene rings is 2. The van der Waals surface area contributed by atoms with E-state index in [-0.39, 0.29) is 51.6 Å². The molecule has 28 heavy (non-hydrogen) atoms. The molecule has 0 bridgehead atoms. The maximum atomic E-state index is 13.9. The van der Waals surface area contributed by atoms with Crippen molar-refractivity contribution < 1.29 is 24.1 Å². The van der Waals surface area contributed by atoms with Crippen LogP contribution in [0.2, 0.25) is 5.02 Å². The van der Waals surface area contributed by atoms with Crippen LogP contribution in [0.4, 0.5) is 4.39 Å². The zero-order chi connectivity index (χ0) is 20.0. The Morgan fingerprint density at radius 3 is 2.79 bits per heavy atom. The number of halogens is 2. The number of phenols is 2. The molecule has 2 heterocycles. The van der Waals surface area contributed by atoms with Crippen molar-refractivity contribution in [2.24, 2.45) is 0 Å². The lowest BCUT2D eigenvalue weighted by Crippen LogP contribution is -2.29. The van der Waals surface area contributed by atoms with Crippen molar-refractivity contribution in [2.45, 2.75) is 18.4 Å². The van der Waals surface area contributed by atoms with E-state index in [2.05, 4.69) is 5.32 Å². The number of phenolic OH excluding ortho intramolecular Hbond substituents is 2. The Balaban J connectivity index is 2.04. The maximum Gasteiger partial charge on any atom is 0.197 e. The summed E-state index contributed by atoms with van der Waals surface area (Å²) >= 11 is 6.03. The zero-order valence-corrected chi connectivity index (χ0v) is 15.3. The molecule has 2 aromatic carbocycles. The van der Waals surface area contributed by atoms with Crippen LogP contribution in [-0.2, 0) is 0 Å². The van der Waals surface area contributed by atoms with E-state index < -0.39 is 17.0 Å². The summed E-state index contributed by atoms with van der Waals surface area (Å²) in [5.41, 5.74) is -0.0738. The number of fused-ring (bicyclic) bond motifs is 1. The monoisotopic (exact) mass is 405 g/mol. The molecule has 1 aliphatic rings. The van der Waals surface area contributed by atoms with Crippen molar-refractivity contribution in [3.05, 3.63) is 57.0 Å². The van der Waals surface area contributed by atoms with Crippen LogP contribution in [0, 0.1) is 5.82 Å². The van der Waals surface area contributed by atoms with E-state index in [0.29, 0.717) is 18.5 Å². The van der Waals surface area contributed by atoms with Gasteiger partial charge in [-0.1, -0.05) is 17.7 Å². The molecule has 146 valence electrons. The third kappa shape index (κ3) is 2.92. The van der Waals surface area contributed by atoms with Gasteiger partial charge in [0, 0.05) is 35.2 Å². The molecular formula is C20H17ClFNO5. The number of aromatic hydroxyl groups is 2. The molecule has 1 aromatic heterocycles. The summed E-state index contributed by atoms with van der Waals surface area (Å²) in [6, 6.07) is 6.00. The Kier molecular flexibility index (Phi) is 4.74. The number of aliphatic hydroxyl groups excluding tert-OH is 1. The molecule has 6 nitrogen and oxygen atoms in total. The highest BCUT2D eigenvalue weighted by Gasteiger charge is 2.33. The van der Waals surface area contributed by atoms with Gasteiger partial charge < -0.3 is 25.1 Å². The van der Waals surface area contributed by atoms with Crippen molar-refractivity contribution in [3.63, 3.8) is 0 Å². The Labute approximate surface area is 163 Å². The van der Waals surface area contributed by atoms with Crippen LogP contribution in [-0.4, -0.2) is 34.5 Å². The first-order valence-electron chi connectivity index (χ1n) is 8.73. The molecule has 0 amide bonds. The fourth-order valence-corrected chi connectivity index (χ4v) is 4.03. The van der Waals surface area contributed by atoms with Crippen LogP contribution in [0.5, 0.6) is 11.5 Å². The summed E-state index contributed by atoms with van der Waals surface area (Å²) in [5, 5.41) is 33.2. The summed E-state index contributed by atoms with van der Waals surface area (Å²) in [6.07, 6.45) is 0.591. The summed E-state index contributed by atoms with van der Waals surface area (Å²) in [6.45, 7) is 0.434. The van der Waals surface area contributed by atoms with E-state index in [1.807, 2.05) is 0 Å². The van der Waals surface area contributed by atoms with Crippen LogP contribution < -0.4 is 10.7 Å². The molecule has 8 heteroatoms. The molecule has 1 aliphatic heterocycles. The highest BCUT2D eigenvalue weighted by molar-refractivity contribution is 6.33. The number of hydrogen-bond donors (Lipinski definition) is 4. The van der Waals surface area contributed by atoms with Crippen molar-refractivity contribution in [3.8, 4) is 22.8 Å². The first-order valence-corrected chi connectivity index (χ1v) is 9.11. The smallest absolute Gasteiger partial charge is 0.197 e. The second-order valence-corrected chi connectivity index (χ2v) is 7.13. The van der Waals surface area contributed by atoms with Gasteiger partial charge in [-0.2, -0.15) is 0 Å². The lowest BCUT2D eigenvalue weighted by molar-refractivity contribution is 0.244. The van der Waals surface area contributed by atoms with Gasteiger partial charge in [0.25, 0.3) is 0 Å². The largest absolute Gasteiger partial charge is 0.507 e. The van der Waals surface area contributed by atoms with Crippen LogP contribution in [0.15, 0.2) is 39.5 Å². The van der Waals surface area contributed by atoms with Crippen molar-refractivity contribution in [1.82, 2.24) is 5.32 Å². The lowest BCUT2D eigenvalue weighted by atomic mass is 9.89. The minimum absolute atomic E-state index is 0.00696. The molecule has 1 saturated heterocycles. The third-order valence-corrected chi connectivity index (χ3v) is 5.51. The molecule has 2 atom stereocenters. The van der Waals surface area contributed by atoms with Gasteiger partial charge in [-0.25, -0.2) is 4.39 Å². The van der Waals surface area contributed by atoms with Gasteiger partial charge in [0.05, 0.1) is 11.6 Å². The molecule has 1 fully saturated rings. The van der Waals surface area contributed by atoms with Crippen molar-refractivity contribution in [2.75, 3.05) is 13.2 Å². The third-order valence-electron chi connectivity index (χ3n) is 5.13. The summed E-state index contributed by atoms with van der Waals surface area (Å²) in [5.74, 6) is -1.66. The maximum absolute atomic E-state index is 13.9. The molecular weight excluding hydrogens is 389 g/mol. The lowest BCUT2D eigenvalue weighted by Gasteiger charge is -2.20. The topological polar surface area (TPSA) is 103 Å². The van der Waals surface area contributed by atoms with Gasteiger partial charge in [-0.3, -0.25) is 4.79 Å². The number of rotatable bonds is 3. The summed E-state index contributed by atoms with van der Waals surface area (Å²) in [7, 11) is 0. The Bertz CT molecular complexity index is 1130. The van der Waals surface area contributed by atoms with Gasteiger partial charge in [0.1, 0.15) is 34.0 Å². The second kappa shape index (κ2) is 7.09. The van der Waals surface area contributed by atoms with E-state index in [1.165, 1.54) is 18.2 Å². The Morgan fingerprint density at radius 2 is 2.04 bits per heavy atom. The normalized spacial score (nSPS) is 19.4. The van der Waals surface area contributed by atoms with Crippen molar-refractivity contribution >= 4 is 22.6 Å². The van der Waals surface area contributed by atoms with Crippen LogP contribution in [0.1, 0.15) is 17.9 Å². The molecule has 0 spiro atoms. The summed E-state index contributed by atoms with van der Waals surface area (Å²) in [4.78, 5) is 12.7. The Morgan fingerprint density at radius 1 is 1.25 bits per heavy atom. The molecule has 0 saturated carbocycles. The molecule has 4 N–H and O–H groups in total. The van der Waals surface area contributed by atoms with E-state index in [0.717, 1.165) is 12.1 Å². The van der Waals surface area contributed by atoms with E-state index in [9.17, 15) is 24.5 Å². The number of nitrogens with one attached hydrogen (secondary N) is 1. The van der Waals surface area contributed by atoms with Gasteiger partial charge in [0.2, 0.25) is 0 Å². The van der Waals surface area contributed by atoms with Gasteiger partial charge >= 0.3 is 0 Å². The minimum Gasteiger partial charge on any atom is -0.507 e. The Hall–Kier alpha value is -2.61. The highest BCUT2D eigenvalue weighted by Crippen LogP contribution is 2.43. The predicted octanol–water partition coefficient (Wildman–Crippen LogP) is 3.10. The first kappa shape index (κ1) is 18.7. The highest BCUT2D eigenvalue weighted by atomic mass is 35.5. The average Bonchev–Trinajstić information content (AvgIpc) is 3.11. The van der Waals surface area contributed by atoms with Crippen molar-refractivity contribution in [1.29, 1.82) is 0 Å². The van der Waals surface area contributed by atoms with Gasteiger partial charge in [-0.15, -0.1) is 0 Å². The van der Waals surface area contributed by atoms with Gasteiger partial charge in [-0.05, 0) is 25.1 Å². The average molecular weight is 406 g/mol. The molecule has 3 aromatic rings. The SMILES string of the molecule is O=c1cc(-c2cccc(F)c2Cl)oc2c([C@@H]3CCN[C@H]3CO)c(O)cc(O)c12. The molecule has 0 aliphatic carbocycles. The van der Waals surface area contributed by atoms with Gasteiger partial charge in [0.15, 0.2) is 5.43 Å². The minimum atomic E-state index is -0.666. The van der Waals surface area contributed by atoms with E-state index in [1.54, 1.807) is 0 Å². The zero-order valence-electron chi connectivity index (χ0n) is 14.6.